The maximum atomic E-state index is 2.36. The molecule has 0 fully saturated rings. The van der Waals surface area contributed by atoms with E-state index in [4.69, 9.17) is 0 Å². The van der Waals surface area contributed by atoms with Crippen LogP contribution < -0.4 is 0 Å². The second kappa shape index (κ2) is 9.21. The Bertz CT molecular complexity index is 366. The average Bonchev–Trinajstić information content (AvgIpc) is 2.89. The molecular formula is C20H32. The summed E-state index contributed by atoms with van der Waals surface area (Å²) >= 11 is 0. The van der Waals surface area contributed by atoms with Crippen LogP contribution in [-0.2, 0) is 6.42 Å². The van der Waals surface area contributed by atoms with Crippen LogP contribution >= 0.6 is 0 Å². The molecular weight excluding hydrogens is 240 g/mol. The molecule has 20 heavy (non-hydrogen) atoms. The zero-order valence-corrected chi connectivity index (χ0v) is 13.4. The normalized spacial score (nSPS) is 17.4. The summed E-state index contributed by atoms with van der Waals surface area (Å²) in [6, 6.07) is 9.10. The molecule has 0 N–H and O–H groups in total. The van der Waals surface area contributed by atoms with Crippen LogP contribution in [0.25, 0.3) is 0 Å². The average molecular weight is 272 g/mol. The summed E-state index contributed by atoms with van der Waals surface area (Å²) in [6.07, 6.45) is 17.1. The summed E-state index contributed by atoms with van der Waals surface area (Å²) in [5, 5.41) is 0. The highest BCUT2D eigenvalue weighted by Gasteiger charge is 2.20. The van der Waals surface area contributed by atoms with Gasteiger partial charge in [0.25, 0.3) is 0 Å². The summed E-state index contributed by atoms with van der Waals surface area (Å²) in [6.45, 7) is 2.29. The van der Waals surface area contributed by atoms with Crippen molar-refractivity contribution in [3.05, 3.63) is 35.4 Å². The van der Waals surface area contributed by atoms with Gasteiger partial charge in [-0.25, -0.2) is 0 Å². The van der Waals surface area contributed by atoms with Crippen LogP contribution in [0.5, 0.6) is 0 Å². The highest BCUT2D eigenvalue weighted by Crippen LogP contribution is 2.36. The highest BCUT2D eigenvalue weighted by atomic mass is 14.3. The van der Waals surface area contributed by atoms with Crippen LogP contribution in [0.1, 0.15) is 94.6 Å². The smallest absolute Gasteiger partial charge is 0.0156 e. The molecule has 1 aromatic rings. The van der Waals surface area contributed by atoms with Crippen LogP contribution in [-0.4, -0.2) is 0 Å². The molecule has 0 spiro atoms. The zero-order chi connectivity index (χ0) is 14.0. The lowest BCUT2D eigenvalue weighted by molar-refractivity contribution is 0.524. The molecule has 0 radical (unpaired) electrons. The molecule has 1 atom stereocenters. The SMILES string of the molecule is CCCCCCCCCCC[C@@H]1CCc2ccccc21. The molecule has 0 unspecified atom stereocenters. The Balaban J connectivity index is 1.50. The first kappa shape index (κ1) is 15.6. The van der Waals surface area contributed by atoms with Gasteiger partial charge in [0.1, 0.15) is 0 Å². The minimum Gasteiger partial charge on any atom is -0.0654 e. The molecule has 0 saturated carbocycles. The van der Waals surface area contributed by atoms with Crippen LogP contribution in [0.2, 0.25) is 0 Å². The molecule has 0 aromatic heterocycles. The molecule has 1 aromatic carbocycles. The number of rotatable bonds is 10. The quantitative estimate of drug-likeness (QED) is 0.419. The highest BCUT2D eigenvalue weighted by molar-refractivity contribution is 5.34. The summed E-state index contributed by atoms with van der Waals surface area (Å²) in [5.41, 5.74) is 3.28. The van der Waals surface area contributed by atoms with Gasteiger partial charge in [-0.2, -0.15) is 0 Å². The molecule has 2 rings (SSSR count). The molecule has 0 amide bonds. The van der Waals surface area contributed by atoms with E-state index in [2.05, 4.69) is 31.2 Å². The molecule has 0 bridgehead atoms. The number of fused-ring (bicyclic) bond motifs is 1. The van der Waals surface area contributed by atoms with Crippen molar-refractivity contribution in [2.45, 2.75) is 89.9 Å². The maximum absolute atomic E-state index is 2.36. The van der Waals surface area contributed by atoms with Gasteiger partial charge in [-0.15, -0.1) is 0 Å². The fraction of sp³-hybridized carbons (Fsp3) is 0.700. The molecule has 1 aliphatic rings. The van der Waals surface area contributed by atoms with E-state index < -0.39 is 0 Å². The Hall–Kier alpha value is -0.780. The third-order valence-electron chi connectivity index (χ3n) is 4.91. The van der Waals surface area contributed by atoms with E-state index in [1.54, 1.807) is 11.1 Å². The second-order valence-corrected chi connectivity index (χ2v) is 6.55. The molecule has 112 valence electrons. The van der Waals surface area contributed by atoms with Crippen molar-refractivity contribution >= 4 is 0 Å². The summed E-state index contributed by atoms with van der Waals surface area (Å²) < 4.78 is 0. The Morgan fingerprint density at radius 1 is 0.850 bits per heavy atom. The minimum absolute atomic E-state index is 0.871. The van der Waals surface area contributed by atoms with Gasteiger partial charge in [0.05, 0.1) is 0 Å². The van der Waals surface area contributed by atoms with E-state index in [1.807, 2.05) is 0 Å². The van der Waals surface area contributed by atoms with Crippen molar-refractivity contribution in [1.29, 1.82) is 0 Å². The fourth-order valence-electron chi connectivity index (χ4n) is 3.65. The number of unbranched alkanes of at least 4 members (excludes halogenated alkanes) is 8. The van der Waals surface area contributed by atoms with Crippen LogP contribution in [0.15, 0.2) is 24.3 Å². The van der Waals surface area contributed by atoms with E-state index in [-0.39, 0.29) is 0 Å². The second-order valence-electron chi connectivity index (χ2n) is 6.55. The van der Waals surface area contributed by atoms with Crippen LogP contribution in [0, 0.1) is 0 Å². The van der Waals surface area contributed by atoms with E-state index in [9.17, 15) is 0 Å². The summed E-state index contributed by atoms with van der Waals surface area (Å²) in [4.78, 5) is 0. The van der Waals surface area contributed by atoms with E-state index in [1.165, 1.54) is 77.0 Å². The van der Waals surface area contributed by atoms with Crippen LogP contribution in [0.4, 0.5) is 0 Å². The predicted molar refractivity (Wildman–Crippen MR) is 89.3 cm³/mol. The molecule has 0 saturated heterocycles. The summed E-state index contributed by atoms with van der Waals surface area (Å²) in [5.74, 6) is 0.871. The van der Waals surface area contributed by atoms with Gasteiger partial charge in [-0.3, -0.25) is 0 Å². The van der Waals surface area contributed by atoms with Crippen molar-refractivity contribution < 1.29 is 0 Å². The van der Waals surface area contributed by atoms with Gasteiger partial charge in [-0.05, 0) is 36.3 Å². The van der Waals surface area contributed by atoms with E-state index in [0.717, 1.165) is 5.92 Å². The number of hydrogen-bond acceptors (Lipinski definition) is 0. The minimum atomic E-state index is 0.871. The predicted octanol–water partition coefficient (Wildman–Crippen LogP) is 6.64. The van der Waals surface area contributed by atoms with Crippen molar-refractivity contribution in [3.8, 4) is 0 Å². The first-order valence-electron chi connectivity index (χ1n) is 8.99. The molecule has 0 aliphatic heterocycles. The Kier molecular flexibility index (Phi) is 7.19. The van der Waals surface area contributed by atoms with Gasteiger partial charge in [0.15, 0.2) is 0 Å². The lowest BCUT2D eigenvalue weighted by Gasteiger charge is -2.11. The summed E-state index contributed by atoms with van der Waals surface area (Å²) in [7, 11) is 0. The Labute approximate surface area is 126 Å². The zero-order valence-electron chi connectivity index (χ0n) is 13.4. The topological polar surface area (TPSA) is 0 Å². The van der Waals surface area contributed by atoms with Gasteiger partial charge in [0, 0.05) is 0 Å². The molecule has 0 heteroatoms. The third-order valence-corrected chi connectivity index (χ3v) is 4.91. The maximum Gasteiger partial charge on any atom is -0.0156 e. The van der Waals surface area contributed by atoms with Crippen molar-refractivity contribution in [1.82, 2.24) is 0 Å². The van der Waals surface area contributed by atoms with E-state index in [0.29, 0.717) is 0 Å². The van der Waals surface area contributed by atoms with Gasteiger partial charge >= 0.3 is 0 Å². The lowest BCUT2D eigenvalue weighted by Crippen LogP contribution is -1.93. The number of aryl methyl sites for hydroxylation is 1. The first-order valence-corrected chi connectivity index (χ1v) is 8.99. The molecule has 0 heterocycles. The van der Waals surface area contributed by atoms with Crippen molar-refractivity contribution in [2.75, 3.05) is 0 Å². The van der Waals surface area contributed by atoms with Crippen molar-refractivity contribution in [2.24, 2.45) is 0 Å². The molecule has 0 nitrogen and oxygen atoms in total. The first-order chi connectivity index (χ1) is 9.92. The van der Waals surface area contributed by atoms with Crippen LogP contribution in [0.3, 0.4) is 0 Å². The van der Waals surface area contributed by atoms with Gasteiger partial charge in [0.2, 0.25) is 0 Å². The number of hydrogen-bond donors (Lipinski definition) is 0. The van der Waals surface area contributed by atoms with Gasteiger partial charge in [-0.1, -0.05) is 89.0 Å². The number of benzene rings is 1. The van der Waals surface area contributed by atoms with Crippen molar-refractivity contribution in [3.63, 3.8) is 0 Å². The fourth-order valence-corrected chi connectivity index (χ4v) is 3.65. The van der Waals surface area contributed by atoms with Gasteiger partial charge < -0.3 is 0 Å². The Morgan fingerprint density at radius 3 is 2.25 bits per heavy atom. The third kappa shape index (κ3) is 4.96. The largest absolute Gasteiger partial charge is 0.0654 e. The monoisotopic (exact) mass is 272 g/mol. The Morgan fingerprint density at radius 2 is 1.50 bits per heavy atom. The molecule has 1 aliphatic carbocycles. The lowest BCUT2D eigenvalue weighted by atomic mass is 9.94. The van der Waals surface area contributed by atoms with E-state index >= 15 is 0 Å². The standard InChI is InChI=1S/C20H32/c1-2-3-4-5-6-7-8-9-10-13-18-16-17-19-14-11-12-15-20(18)19/h11-12,14-15,18H,2-10,13,16-17H2,1H3/t18-/m1/s1.